The van der Waals surface area contributed by atoms with E-state index < -0.39 is 5.60 Å². The van der Waals surface area contributed by atoms with E-state index in [4.69, 9.17) is 4.74 Å². The van der Waals surface area contributed by atoms with Gasteiger partial charge in [0, 0.05) is 0 Å². The van der Waals surface area contributed by atoms with E-state index >= 15 is 0 Å². The van der Waals surface area contributed by atoms with Crippen molar-refractivity contribution >= 4 is 5.97 Å². The fourth-order valence-corrected chi connectivity index (χ4v) is 2.42. The lowest BCUT2D eigenvalue weighted by atomic mass is 9.73. The number of rotatable bonds is 0. The number of carbonyl (C=O) groups excluding carboxylic acids is 1. The van der Waals surface area contributed by atoms with Crippen molar-refractivity contribution < 1.29 is 14.6 Å². The Balaban J connectivity index is 2.22. The first-order chi connectivity index (χ1) is 6.04. The summed E-state index contributed by atoms with van der Waals surface area (Å²) in [7, 11) is 0. The highest BCUT2D eigenvalue weighted by molar-refractivity contribution is 5.76. The van der Waals surface area contributed by atoms with Crippen LogP contribution in [0.1, 0.15) is 33.1 Å². The van der Waals surface area contributed by atoms with Gasteiger partial charge in [0.05, 0.1) is 5.92 Å². The van der Waals surface area contributed by atoms with Crippen LogP contribution < -0.4 is 0 Å². The molecule has 1 saturated carbocycles. The van der Waals surface area contributed by atoms with Gasteiger partial charge in [-0.05, 0) is 32.1 Å². The second-order valence-electron chi connectivity index (χ2n) is 4.52. The first kappa shape index (κ1) is 9.00. The van der Waals surface area contributed by atoms with Gasteiger partial charge in [-0.2, -0.15) is 0 Å². The lowest BCUT2D eigenvalue weighted by Crippen LogP contribution is -2.47. The molecule has 0 aromatic heterocycles. The topological polar surface area (TPSA) is 46.5 Å². The highest BCUT2D eigenvalue weighted by atomic mass is 16.6. The van der Waals surface area contributed by atoms with Crippen LogP contribution in [0.5, 0.6) is 0 Å². The van der Waals surface area contributed by atoms with Crippen LogP contribution in [0.15, 0.2) is 0 Å². The first-order valence-electron chi connectivity index (χ1n) is 4.97. The molecule has 2 fully saturated rings. The molecule has 4 atom stereocenters. The van der Waals surface area contributed by atoms with E-state index in [-0.39, 0.29) is 18.0 Å². The van der Waals surface area contributed by atoms with Crippen molar-refractivity contribution in [2.24, 2.45) is 11.8 Å². The first-order valence-corrected chi connectivity index (χ1v) is 4.97. The van der Waals surface area contributed by atoms with E-state index in [2.05, 4.69) is 6.92 Å². The van der Waals surface area contributed by atoms with Crippen LogP contribution in [-0.4, -0.2) is 22.8 Å². The number of fused-ring (bicyclic) bond motifs is 1. The highest BCUT2D eigenvalue weighted by Gasteiger charge is 2.55. The van der Waals surface area contributed by atoms with E-state index in [0.29, 0.717) is 12.3 Å². The third kappa shape index (κ3) is 1.17. The van der Waals surface area contributed by atoms with Crippen LogP contribution in [-0.2, 0) is 9.53 Å². The summed E-state index contributed by atoms with van der Waals surface area (Å²) in [6, 6.07) is 0. The zero-order chi connectivity index (χ0) is 9.64. The number of carbonyl (C=O) groups is 1. The minimum atomic E-state index is -0.871. The summed E-state index contributed by atoms with van der Waals surface area (Å²) in [5.41, 5.74) is -0.871. The van der Waals surface area contributed by atoms with Gasteiger partial charge in [-0.25, -0.2) is 0 Å². The van der Waals surface area contributed by atoms with Gasteiger partial charge in [0.25, 0.3) is 0 Å². The third-order valence-electron chi connectivity index (χ3n) is 3.57. The molecule has 1 saturated heterocycles. The molecule has 3 heteroatoms. The van der Waals surface area contributed by atoms with Gasteiger partial charge in [-0.15, -0.1) is 0 Å². The lowest BCUT2D eigenvalue weighted by molar-refractivity contribution is -0.145. The van der Waals surface area contributed by atoms with E-state index in [9.17, 15) is 9.90 Å². The molecule has 2 aliphatic rings. The Hall–Kier alpha value is -0.570. The summed E-state index contributed by atoms with van der Waals surface area (Å²) in [6.45, 7) is 3.90. The minimum absolute atomic E-state index is 0.235. The Morgan fingerprint density at radius 1 is 1.54 bits per heavy atom. The van der Waals surface area contributed by atoms with Gasteiger partial charge in [0.2, 0.25) is 0 Å². The molecule has 13 heavy (non-hydrogen) atoms. The fraction of sp³-hybridized carbons (Fsp3) is 0.900. The quantitative estimate of drug-likeness (QED) is 0.573. The van der Waals surface area contributed by atoms with Crippen molar-refractivity contribution in [3.05, 3.63) is 0 Å². The van der Waals surface area contributed by atoms with Crippen molar-refractivity contribution in [2.45, 2.75) is 44.8 Å². The highest BCUT2D eigenvalue weighted by Crippen LogP contribution is 2.43. The summed E-state index contributed by atoms with van der Waals surface area (Å²) in [5.74, 6) is -0.0185. The lowest BCUT2D eigenvalue weighted by Gasteiger charge is -2.36. The molecule has 1 heterocycles. The maximum absolute atomic E-state index is 11.3. The second kappa shape index (κ2) is 2.71. The summed E-state index contributed by atoms with van der Waals surface area (Å²) >= 11 is 0. The zero-order valence-electron chi connectivity index (χ0n) is 8.12. The molecule has 0 amide bonds. The maximum Gasteiger partial charge on any atom is 0.312 e. The third-order valence-corrected chi connectivity index (χ3v) is 3.57. The van der Waals surface area contributed by atoms with Gasteiger partial charge in [-0.1, -0.05) is 6.92 Å². The molecule has 0 aromatic carbocycles. The summed E-state index contributed by atoms with van der Waals surface area (Å²) in [4.78, 5) is 11.3. The average molecular weight is 184 g/mol. The Morgan fingerprint density at radius 2 is 2.23 bits per heavy atom. The van der Waals surface area contributed by atoms with Gasteiger partial charge >= 0.3 is 5.97 Å². The number of hydrogen-bond donors (Lipinski definition) is 1. The summed E-state index contributed by atoms with van der Waals surface area (Å²) < 4.78 is 5.16. The largest absolute Gasteiger partial charge is 0.459 e. The minimum Gasteiger partial charge on any atom is -0.459 e. The molecular formula is C10H16O3. The molecule has 1 aliphatic heterocycles. The Morgan fingerprint density at radius 3 is 2.92 bits per heavy atom. The van der Waals surface area contributed by atoms with Gasteiger partial charge < -0.3 is 9.84 Å². The molecule has 0 aromatic rings. The Kier molecular flexibility index (Phi) is 1.88. The van der Waals surface area contributed by atoms with E-state index in [1.54, 1.807) is 6.92 Å². The van der Waals surface area contributed by atoms with Crippen LogP contribution in [0.3, 0.4) is 0 Å². The zero-order valence-corrected chi connectivity index (χ0v) is 8.12. The van der Waals surface area contributed by atoms with Crippen LogP contribution in [0.4, 0.5) is 0 Å². The smallest absolute Gasteiger partial charge is 0.312 e. The number of hydrogen-bond acceptors (Lipinski definition) is 3. The molecule has 74 valence electrons. The monoisotopic (exact) mass is 184 g/mol. The molecule has 3 nitrogen and oxygen atoms in total. The predicted molar refractivity (Wildman–Crippen MR) is 47.0 cm³/mol. The Bertz CT molecular complexity index is 238. The number of ether oxygens (including phenoxy) is 1. The van der Waals surface area contributed by atoms with E-state index in [0.717, 1.165) is 12.8 Å². The predicted octanol–water partition coefficient (Wildman–Crippen LogP) is 1.10. The summed E-state index contributed by atoms with van der Waals surface area (Å²) in [6.07, 6.45) is 2.26. The molecule has 4 unspecified atom stereocenters. The van der Waals surface area contributed by atoms with E-state index in [1.165, 1.54) is 0 Å². The SMILES string of the molecule is CC1CCC2(O)C(C1)OC(=O)C2C. The molecule has 0 radical (unpaired) electrons. The van der Waals surface area contributed by atoms with Crippen molar-refractivity contribution in [1.29, 1.82) is 0 Å². The van der Waals surface area contributed by atoms with Gasteiger partial charge in [-0.3, -0.25) is 4.79 Å². The average Bonchev–Trinajstić information content (AvgIpc) is 2.29. The van der Waals surface area contributed by atoms with Crippen LogP contribution >= 0.6 is 0 Å². The molecular weight excluding hydrogens is 168 g/mol. The van der Waals surface area contributed by atoms with Crippen molar-refractivity contribution in [2.75, 3.05) is 0 Å². The molecule has 0 spiro atoms. The summed E-state index contributed by atoms with van der Waals surface area (Å²) in [5, 5.41) is 10.2. The Labute approximate surface area is 78.1 Å². The number of esters is 1. The standard InChI is InChI=1S/C10H16O3/c1-6-3-4-10(12)7(2)9(11)13-8(10)5-6/h6-8,12H,3-5H2,1-2H3. The van der Waals surface area contributed by atoms with Crippen LogP contribution in [0.25, 0.3) is 0 Å². The van der Waals surface area contributed by atoms with Crippen molar-refractivity contribution in [3.63, 3.8) is 0 Å². The fourth-order valence-electron chi connectivity index (χ4n) is 2.42. The normalized spacial score (nSPS) is 50.1. The van der Waals surface area contributed by atoms with Crippen molar-refractivity contribution in [3.8, 4) is 0 Å². The van der Waals surface area contributed by atoms with Crippen LogP contribution in [0, 0.1) is 11.8 Å². The molecule has 2 rings (SSSR count). The van der Waals surface area contributed by atoms with Gasteiger partial charge in [0.15, 0.2) is 0 Å². The van der Waals surface area contributed by atoms with Gasteiger partial charge in [0.1, 0.15) is 11.7 Å². The number of aliphatic hydroxyl groups is 1. The van der Waals surface area contributed by atoms with E-state index in [1.807, 2.05) is 0 Å². The molecule has 1 N–H and O–H groups in total. The van der Waals surface area contributed by atoms with Crippen LogP contribution in [0.2, 0.25) is 0 Å². The molecule has 1 aliphatic carbocycles. The van der Waals surface area contributed by atoms with Crippen molar-refractivity contribution in [1.82, 2.24) is 0 Å². The molecule has 0 bridgehead atoms. The maximum atomic E-state index is 11.3. The second-order valence-corrected chi connectivity index (χ2v) is 4.52.